The fraction of sp³-hybridized carbons (Fsp3) is 0.380. The number of unbranched alkanes of at least 4 members (excludes halogenated alkanes) is 1. The average Bonchev–Trinajstić information content (AvgIpc) is 1.70. The molecule has 2 aromatic heterocycles. The van der Waals surface area contributed by atoms with Crippen LogP contribution in [0.2, 0.25) is 5.02 Å². The number of nitrogens with one attached hydrogen (secondary N) is 16. The van der Waals surface area contributed by atoms with Gasteiger partial charge >= 0.3 is 18.1 Å². The number of likely N-dealkylation sites (tertiary alicyclic amines) is 1. The zero-order valence-corrected chi connectivity index (χ0v) is 75.5. The Labute approximate surface area is 772 Å². The molecule has 41 heteroatoms. The van der Waals surface area contributed by atoms with Gasteiger partial charge in [-0.3, -0.25) is 72.8 Å². The maximum atomic E-state index is 15.7. The first-order valence-electron chi connectivity index (χ1n) is 43.6. The van der Waals surface area contributed by atoms with Gasteiger partial charge in [0.1, 0.15) is 71.4 Å². The van der Waals surface area contributed by atoms with E-state index in [1.807, 2.05) is 55.6 Å². The van der Waals surface area contributed by atoms with E-state index >= 15 is 28.8 Å². The van der Waals surface area contributed by atoms with Crippen LogP contribution in [0.4, 0.5) is 25.8 Å². The molecule has 1 unspecified atom stereocenters. The van der Waals surface area contributed by atoms with Crippen molar-refractivity contribution in [2.45, 2.75) is 189 Å². The Bertz CT molecular complexity index is 5610. The number of anilines is 2. The van der Waals surface area contributed by atoms with Crippen LogP contribution < -0.4 is 95.9 Å². The number of fused-ring (bicyclic) bond motifs is 2. The van der Waals surface area contributed by atoms with E-state index < -0.39 is 191 Å². The number of sulfonamides is 1. The smallest absolute Gasteiger partial charge is 0.322 e. The van der Waals surface area contributed by atoms with E-state index in [0.29, 0.717) is 58.5 Å². The molecule has 21 N–H and O–H groups in total. The largest absolute Gasteiger partial charge is 0.394 e. The quantitative estimate of drug-likeness (QED) is 0.0243. The summed E-state index contributed by atoms with van der Waals surface area (Å²) in [5, 5.41) is 53.5. The van der Waals surface area contributed by atoms with Crippen LogP contribution >= 0.6 is 11.6 Å². The van der Waals surface area contributed by atoms with Crippen molar-refractivity contribution < 1.29 is 85.4 Å². The number of aromatic nitrogens is 2. The summed E-state index contributed by atoms with van der Waals surface area (Å²) in [6.45, 7) is 7.94. The third-order valence-corrected chi connectivity index (χ3v) is 23.7. The molecule has 39 nitrogen and oxygen atoms in total. The third-order valence-electron chi connectivity index (χ3n) is 22.0. The van der Waals surface area contributed by atoms with Crippen molar-refractivity contribution in [2.75, 3.05) is 43.4 Å². The maximum absolute atomic E-state index is 15.7. The number of imide groups is 1. The van der Waals surface area contributed by atoms with Gasteiger partial charge in [0.05, 0.1) is 18.5 Å². The van der Waals surface area contributed by atoms with Crippen LogP contribution in [0, 0.1) is 5.92 Å². The number of carbonyl (C=O) groups is 15. The molecule has 0 radical (unpaired) electrons. The Kier molecular flexibility index (Phi) is 37.0. The van der Waals surface area contributed by atoms with Gasteiger partial charge in [-0.1, -0.05) is 142 Å². The molecule has 2 fully saturated rings. The highest BCUT2D eigenvalue weighted by Gasteiger charge is 2.41. The van der Waals surface area contributed by atoms with Crippen molar-refractivity contribution in [1.82, 2.24) is 88.7 Å². The van der Waals surface area contributed by atoms with Gasteiger partial charge in [-0.25, -0.2) is 27.5 Å². The van der Waals surface area contributed by atoms with E-state index in [2.05, 4.69) is 89.1 Å². The molecule has 0 saturated carbocycles. The Hall–Kier alpha value is -14.1. The molecule has 18 amide bonds. The first-order chi connectivity index (χ1) is 63.5. The predicted octanol–water partition coefficient (Wildman–Crippen LogP) is 2.20. The Morgan fingerprint density at radius 2 is 1.05 bits per heavy atom. The van der Waals surface area contributed by atoms with Crippen LogP contribution in [0.1, 0.15) is 107 Å². The van der Waals surface area contributed by atoms with E-state index in [1.54, 1.807) is 80.6 Å². The zero-order chi connectivity index (χ0) is 96.0. The second kappa shape index (κ2) is 48.7. The van der Waals surface area contributed by atoms with Crippen molar-refractivity contribution in [3.8, 4) is 0 Å². The molecule has 706 valence electrons. The van der Waals surface area contributed by atoms with E-state index in [9.17, 15) is 56.7 Å². The lowest BCUT2D eigenvalue weighted by atomic mass is 9.99. The number of rotatable bonds is 46. The standard InChI is InChI=1S/C92H112ClN21O18S/c1-52(2)42-67(81(119)104-66(19-8-9-37-97-53(3)4)89(127)114-41-13-20-75(114)88(126)101-54(5)79(94)117)105-82(120)69(45-57-27-34-65(35-28-57)103-91(129)99-39-40-100-133(131,132)76-21-10-17-61-18-12-38-98-78(61)76)106-84(122)70(46-56-25-32-64(33-26-56)102-80(118)73-49-77(116)113-92(130)112-73)109-87(125)74(51-115)110-85(123)71(48-59-14-11-36-96-50-59)108-83(121)68(44-55-23-30-63(93)31-24-55)107-86(124)72(111-90(95)128)47-58-22-29-60-15-6-7-16-62(60)43-58/h6-7,10-12,14-18,21-36,38,43,50,52-54,66-75,97,100,115H,8-9,13,19-20,37,39-42,44-49,51H2,1-5H3,(H2,94,117)(H,101,126)(H,102,118)(H,104,119)(H,105,120)(H,106,122)(H,107,124)(H,108,121)(H,109,125)(H,110,123)(H3,95,111,128)(H2,99,103,129)(H2,112,113,116,130)/t54-,66+,67+,68-,69-,70+,71-,72-,73?,74+,75+/m1/s1. The minimum atomic E-state index is -4.10. The SMILES string of the molecule is CC(C)C[C@H](NC(=O)[C@@H](Cc1ccc(NC(=O)NCCNS(=O)(=O)c2cccc3cccnc23)cc1)NC(=O)[C@H](Cc1ccc(NC(=O)C2CC(=O)NC(=O)N2)cc1)NC(=O)[C@H](CO)NC(=O)[C@@H](Cc1cccnc1)NC(=O)[C@@H](Cc1ccc(Cl)cc1)NC(=O)[C@@H](Cc1ccc2ccccc2c1)NC(N)=O)C(=O)N[C@@H](CCCCNC(C)C)C(=O)N1CCC[C@H]1C(=O)N[C@H](C)C(N)=O. The van der Waals surface area contributed by atoms with Crippen LogP contribution in [0.25, 0.3) is 21.7 Å². The molecule has 8 aromatic rings. The molecular weight excluding hydrogens is 1750 g/mol. The number of aliphatic hydroxyl groups is 1. The van der Waals surface area contributed by atoms with Gasteiger partial charge in [0, 0.05) is 98.2 Å². The van der Waals surface area contributed by atoms with Crippen molar-refractivity contribution in [3.05, 3.63) is 209 Å². The van der Waals surface area contributed by atoms with Crippen LogP contribution in [-0.4, -0.2) is 223 Å². The highest BCUT2D eigenvalue weighted by atomic mass is 35.5. The molecule has 2 saturated heterocycles. The lowest BCUT2D eigenvalue weighted by Gasteiger charge is -2.31. The minimum Gasteiger partial charge on any atom is -0.394 e. The molecule has 133 heavy (non-hydrogen) atoms. The highest BCUT2D eigenvalue weighted by Crippen LogP contribution is 2.25. The molecule has 2 aliphatic heterocycles. The number of nitrogens with two attached hydrogens (primary N) is 2. The number of aliphatic hydroxyl groups excluding tert-OH is 1. The number of para-hydroxylation sites is 1. The predicted molar refractivity (Wildman–Crippen MR) is 494 cm³/mol. The Morgan fingerprint density at radius 1 is 0.526 bits per heavy atom. The fourth-order valence-electron chi connectivity index (χ4n) is 15.1. The maximum Gasteiger partial charge on any atom is 0.322 e. The number of pyridine rings is 2. The molecule has 6 aromatic carbocycles. The first kappa shape index (κ1) is 101. The van der Waals surface area contributed by atoms with Crippen LogP contribution in [0.3, 0.4) is 0 Å². The minimum absolute atomic E-state index is 0.0667. The van der Waals surface area contributed by atoms with Gasteiger partial charge in [0.25, 0.3) is 0 Å². The molecule has 11 atom stereocenters. The average molecular weight is 1870 g/mol. The molecule has 0 aliphatic carbocycles. The van der Waals surface area contributed by atoms with E-state index in [-0.39, 0.29) is 97.5 Å². The van der Waals surface area contributed by atoms with E-state index in [0.717, 1.165) is 10.8 Å². The number of hydrogen-bond acceptors (Lipinski definition) is 21. The van der Waals surface area contributed by atoms with Crippen molar-refractivity contribution in [3.63, 3.8) is 0 Å². The van der Waals surface area contributed by atoms with Gasteiger partial charge < -0.3 is 95.9 Å². The number of nitrogens with zero attached hydrogens (tertiary/aromatic N) is 3. The summed E-state index contributed by atoms with van der Waals surface area (Å²) in [5.74, 6) is -10.9. The number of hydrogen-bond donors (Lipinski definition) is 19. The number of benzene rings is 6. The van der Waals surface area contributed by atoms with E-state index in [1.165, 1.54) is 85.0 Å². The fourth-order valence-corrected chi connectivity index (χ4v) is 16.4. The van der Waals surface area contributed by atoms with Crippen molar-refractivity contribution in [1.29, 1.82) is 0 Å². The van der Waals surface area contributed by atoms with Crippen molar-refractivity contribution in [2.24, 2.45) is 17.4 Å². The zero-order valence-electron chi connectivity index (χ0n) is 73.9. The molecule has 0 bridgehead atoms. The number of carbonyl (C=O) groups excluding carboxylic acids is 15. The number of amides is 18. The second-order valence-electron chi connectivity index (χ2n) is 33.2. The molecule has 2 aliphatic rings. The normalized spacial score (nSPS) is 15.7. The summed E-state index contributed by atoms with van der Waals surface area (Å²) in [7, 11) is -4.10. The lowest BCUT2D eigenvalue weighted by Crippen LogP contribution is -2.62. The van der Waals surface area contributed by atoms with E-state index in [4.69, 9.17) is 23.1 Å². The third kappa shape index (κ3) is 30.8. The molecular formula is C92H112ClN21O18S. The molecule has 4 heterocycles. The lowest BCUT2D eigenvalue weighted by molar-refractivity contribution is -0.142. The summed E-state index contributed by atoms with van der Waals surface area (Å²) in [5.41, 5.74) is 13.7. The second-order valence-corrected chi connectivity index (χ2v) is 35.4. The summed E-state index contributed by atoms with van der Waals surface area (Å²) >= 11 is 6.28. The van der Waals surface area contributed by atoms with Gasteiger partial charge in [-0.2, -0.15) is 0 Å². The summed E-state index contributed by atoms with van der Waals surface area (Å²) in [4.78, 5) is 221. The number of urea groups is 3. The van der Waals surface area contributed by atoms with Gasteiger partial charge in [-0.15, -0.1) is 0 Å². The van der Waals surface area contributed by atoms with Crippen molar-refractivity contribution >= 4 is 144 Å². The summed E-state index contributed by atoms with van der Waals surface area (Å²) in [6, 6.07) is 23.3. The highest BCUT2D eigenvalue weighted by molar-refractivity contribution is 7.89. The number of halogens is 1. The Morgan fingerprint density at radius 3 is 1.62 bits per heavy atom. The van der Waals surface area contributed by atoms with Crippen LogP contribution in [-0.2, 0) is 99.7 Å². The van der Waals surface area contributed by atoms with Crippen LogP contribution in [0.5, 0.6) is 0 Å². The topological polar surface area (TPSA) is 584 Å². The molecule has 10 rings (SSSR count). The summed E-state index contributed by atoms with van der Waals surface area (Å²) in [6.07, 6.45) is 3.95. The number of primary amides is 2. The van der Waals surface area contributed by atoms with Gasteiger partial charge in [0.15, 0.2) is 0 Å². The van der Waals surface area contributed by atoms with Gasteiger partial charge in [-0.05, 0) is 151 Å². The molecule has 0 spiro atoms. The Balaban J connectivity index is 0.944. The van der Waals surface area contributed by atoms with Gasteiger partial charge in [0.2, 0.25) is 80.9 Å². The summed E-state index contributed by atoms with van der Waals surface area (Å²) < 4.78 is 29.3. The monoisotopic (exact) mass is 1870 g/mol. The van der Waals surface area contributed by atoms with Crippen LogP contribution in [0.15, 0.2) is 181 Å². The first-order valence-corrected chi connectivity index (χ1v) is 45.4.